The minimum absolute atomic E-state index is 0.0333. The summed E-state index contributed by atoms with van der Waals surface area (Å²) in [5.74, 6) is 0. The highest BCUT2D eigenvalue weighted by atomic mass is 35.5. The van der Waals surface area contributed by atoms with Crippen LogP contribution in [-0.2, 0) is 0 Å². The molecule has 174 valence electrons. The quantitative estimate of drug-likeness (QED) is 0.234. The van der Waals surface area contributed by atoms with Crippen LogP contribution in [0, 0.1) is 0 Å². The van der Waals surface area contributed by atoms with Gasteiger partial charge in [-0.15, -0.1) is 0 Å². The molecule has 1 atom stereocenters. The number of para-hydroxylation sites is 2. The van der Waals surface area contributed by atoms with Gasteiger partial charge in [0.05, 0.1) is 32.8 Å². The van der Waals surface area contributed by atoms with Gasteiger partial charge in [0.15, 0.2) is 10.5 Å². The van der Waals surface area contributed by atoms with Crippen LogP contribution in [0.5, 0.6) is 0 Å². The van der Waals surface area contributed by atoms with E-state index in [9.17, 15) is 0 Å². The molecule has 5 nitrogen and oxygen atoms in total. The SMILES string of the molecule is Clc1ccc(C2=NN(c3nc4nc5ccccc5nc4s3)C(c3ccc4ccccc4c3)C2)cc1Cl. The van der Waals surface area contributed by atoms with Gasteiger partial charge in [-0.3, -0.25) is 0 Å². The molecular formula is C28H17Cl2N5S. The summed E-state index contributed by atoms with van der Waals surface area (Å²) in [6, 6.07) is 28.4. The molecule has 0 aliphatic carbocycles. The van der Waals surface area contributed by atoms with E-state index in [1.807, 2.05) is 47.5 Å². The average Bonchev–Trinajstić information content (AvgIpc) is 3.53. The molecule has 7 rings (SSSR count). The van der Waals surface area contributed by atoms with Crippen LogP contribution in [0.1, 0.15) is 23.6 Å². The van der Waals surface area contributed by atoms with E-state index in [1.165, 1.54) is 22.1 Å². The number of fused-ring (bicyclic) bond motifs is 3. The van der Waals surface area contributed by atoms with E-state index < -0.39 is 0 Å². The molecule has 0 spiro atoms. The largest absolute Gasteiger partial charge is 0.232 e. The number of hydrogen-bond acceptors (Lipinski definition) is 6. The Hall–Kier alpha value is -3.58. The molecule has 1 aliphatic rings. The Kier molecular flexibility index (Phi) is 5.13. The number of anilines is 1. The topological polar surface area (TPSA) is 54.3 Å². The second-order valence-corrected chi connectivity index (χ2v) is 10.5. The Balaban J connectivity index is 1.37. The van der Waals surface area contributed by atoms with Gasteiger partial charge in [0.2, 0.25) is 5.13 Å². The number of hydrogen-bond donors (Lipinski definition) is 0. The fraction of sp³-hybridized carbons (Fsp3) is 0.0714. The van der Waals surface area contributed by atoms with Crippen molar-refractivity contribution < 1.29 is 0 Å². The first-order valence-corrected chi connectivity index (χ1v) is 13.0. The smallest absolute Gasteiger partial charge is 0.210 e. The lowest BCUT2D eigenvalue weighted by Gasteiger charge is -2.21. The highest BCUT2D eigenvalue weighted by Gasteiger charge is 2.32. The minimum atomic E-state index is -0.0333. The van der Waals surface area contributed by atoms with Gasteiger partial charge in [-0.05, 0) is 52.2 Å². The summed E-state index contributed by atoms with van der Waals surface area (Å²) < 4.78 is 0. The van der Waals surface area contributed by atoms with Gasteiger partial charge < -0.3 is 0 Å². The zero-order valence-electron chi connectivity index (χ0n) is 18.8. The van der Waals surface area contributed by atoms with Crippen LogP contribution in [-0.4, -0.2) is 20.7 Å². The highest BCUT2D eigenvalue weighted by molar-refractivity contribution is 7.21. The van der Waals surface area contributed by atoms with Crippen LogP contribution in [0.3, 0.4) is 0 Å². The van der Waals surface area contributed by atoms with Gasteiger partial charge >= 0.3 is 0 Å². The lowest BCUT2D eigenvalue weighted by Crippen LogP contribution is -2.18. The van der Waals surface area contributed by atoms with Crippen molar-refractivity contribution in [3.8, 4) is 0 Å². The van der Waals surface area contributed by atoms with Crippen molar-refractivity contribution >= 4 is 77.7 Å². The molecule has 1 unspecified atom stereocenters. The fourth-order valence-corrected chi connectivity index (χ4v) is 5.82. The van der Waals surface area contributed by atoms with Crippen LogP contribution in [0.2, 0.25) is 10.0 Å². The summed E-state index contributed by atoms with van der Waals surface area (Å²) >= 11 is 14.0. The normalized spacial score (nSPS) is 15.8. The van der Waals surface area contributed by atoms with E-state index in [0.29, 0.717) is 22.1 Å². The van der Waals surface area contributed by atoms with Crippen LogP contribution < -0.4 is 5.01 Å². The third kappa shape index (κ3) is 3.69. The molecule has 8 heteroatoms. The number of nitrogens with zero attached hydrogens (tertiary/aromatic N) is 5. The lowest BCUT2D eigenvalue weighted by molar-refractivity contribution is 0.708. The molecule has 3 heterocycles. The summed E-state index contributed by atoms with van der Waals surface area (Å²) in [7, 11) is 0. The lowest BCUT2D eigenvalue weighted by atomic mass is 9.96. The number of hydrazone groups is 1. The van der Waals surface area contributed by atoms with Gasteiger partial charge in [-0.1, -0.05) is 89.1 Å². The maximum Gasteiger partial charge on any atom is 0.210 e. The van der Waals surface area contributed by atoms with Gasteiger partial charge in [-0.25, -0.2) is 15.0 Å². The van der Waals surface area contributed by atoms with Gasteiger partial charge in [0.25, 0.3) is 0 Å². The standard InChI is InChI=1S/C28H17Cl2N5S/c29-20-12-11-18(14-21(20)30)24-15-25(19-10-9-16-5-1-2-6-17(16)13-19)35(34-24)28-33-26-27(36-28)32-23-8-4-3-7-22(23)31-26/h1-14,25H,15H2. The molecule has 0 fully saturated rings. The number of rotatable bonds is 3. The summed E-state index contributed by atoms with van der Waals surface area (Å²) in [4.78, 5) is 15.2. The summed E-state index contributed by atoms with van der Waals surface area (Å²) in [5, 5.41) is 11.2. The second-order valence-electron chi connectivity index (χ2n) is 8.68. The molecule has 0 saturated carbocycles. The van der Waals surface area contributed by atoms with E-state index in [2.05, 4.69) is 42.5 Å². The molecule has 2 aromatic heterocycles. The van der Waals surface area contributed by atoms with Crippen LogP contribution in [0.4, 0.5) is 5.13 Å². The summed E-state index contributed by atoms with van der Waals surface area (Å²) in [6.45, 7) is 0. The molecular weight excluding hydrogens is 509 g/mol. The maximum atomic E-state index is 6.34. The maximum absolute atomic E-state index is 6.34. The molecule has 0 radical (unpaired) electrons. The Morgan fingerprint density at radius 3 is 2.36 bits per heavy atom. The fourth-order valence-electron chi connectivity index (χ4n) is 4.63. The molecule has 36 heavy (non-hydrogen) atoms. The summed E-state index contributed by atoms with van der Waals surface area (Å²) in [6.07, 6.45) is 0.703. The zero-order chi connectivity index (χ0) is 24.2. The van der Waals surface area contributed by atoms with Crippen molar-refractivity contribution in [2.24, 2.45) is 5.10 Å². The van der Waals surface area contributed by atoms with Crippen molar-refractivity contribution in [1.82, 2.24) is 15.0 Å². The van der Waals surface area contributed by atoms with Gasteiger partial charge in [-0.2, -0.15) is 10.1 Å². The van der Waals surface area contributed by atoms with Crippen LogP contribution in [0.15, 0.2) is 90.0 Å². The van der Waals surface area contributed by atoms with Crippen LogP contribution >= 0.6 is 34.5 Å². The monoisotopic (exact) mass is 525 g/mol. The molecule has 0 saturated heterocycles. The number of thiazole rings is 1. The third-order valence-electron chi connectivity index (χ3n) is 6.43. The van der Waals surface area contributed by atoms with E-state index in [4.69, 9.17) is 43.3 Å². The van der Waals surface area contributed by atoms with Crippen LogP contribution in [0.25, 0.3) is 32.3 Å². The number of halogens is 2. The van der Waals surface area contributed by atoms with Gasteiger partial charge in [0.1, 0.15) is 0 Å². The number of benzene rings is 4. The van der Waals surface area contributed by atoms with Gasteiger partial charge in [0, 0.05) is 6.42 Å². The molecule has 1 aliphatic heterocycles. The predicted molar refractivity (Wildman–Crippen MR) is 149 cm³/mol. The Morgan fingerprint density at radius 2 is 1.53 bits per heavy atom. The molecule has 0 amide bonds. The van der Waals surface area contributed by atoms with E-state index in [-0.39, 0.29) is 6.04 Å². The first kappa shape index (κ1) is 21.7. The first-order chi connectivity index (χ1) is 17.6. The first-order valence-electron chi connectivity index (χ1n) is 11.5. The Labute approximate surface area is 220 Å². The third-order valence-corrected chi connectivity index (χ3v) is 8.10. The van der Waals surface area contributed by atoms with E-state index in [0.717, 1.165) is 37.8 Å². The van der Waals surface area contributed by atoms with E-state index >= 15 is 0 Å². The van der Waals surface area contributed by atoms with Crippen molar-refractivity contribution in [3.63, 3.8) is 0 Å². The van der Waals surface area contributed by atoms with E-state index in [1.54, 1.807) is 0 Å². The molecule has 0 N–H and O–H groups in total. The minimum Gasteiger partial charge on any atom is -0.232 e. The van der Waals surface area contributed by atoms with Crippen molar-refractivity contribution in [3.05, 3.63) is 106 Å². The summed E-state index contributed by atoms with van der Waals surface area (Å²) in [5.41, 5.74) is 5.35. The number of aromatic nitrogens is 3. The Morgan fingerprint density at radius 1 is 0.750 bits per heavy atom. The zero-order valence-corrected chi connectivity index (χ0v) is 21.1. The Bertz CT molecular complexity index is 1780. The average molecular weight is 526 g/mol. The molecule has 6 aromatic rings. The van der Waals surface area contributed by atoms with Crippen molar-refractivity contribution in [2.45, 2.75) is 12.5 Å². The molecule has 4 aromatic carbocycles. The van der Waals surface area contributed by atoms with Crippen molar-refractivity contribution in [1.29, 1.82) is 0 Å². The predicted octanol–water partition coefficient (Wildman–Crippen LogP) is 8.06. The second kappa shape index (κ2) is 8.52. The molecule has 0 bridgehead atoms. The highest BCUT2D eigenvalue weighted by Crippen LogP contribution is 2.41. The van der Waals surface area contributed by atoms with Crippen molar-refractivity contribution in [2.75, 3.05) is 5.01 Å².